The molecule has 0 radical (unpaired) electrons. The van der Waals surface area contributed by atoms with Gasteiger partial charge in [-0.15, -0.1) is 0 Å². The zero-order valence-corrected chi connectivity index (χ0v) is 16.0. The number of methoxy groups -OCH3 is 1. The normalized spacial score (nSPS) is 11.2. The van der Waals surface area contributed by atoms with Crippen LogP contribution in [-0.4, -0.2) is 34.6 Å². The van der Waals surface area contributed by atoms with Gasteiger partial charge in [-0.1, -0.05) is 24.3 Å². The monoisotopic (exact) mass is 376 g/mol. The van der Waals surface area contributed by atoms with Crippen LogP contribution in [0, 0.1) is 13.8 Å². The minimum Gasteiger partial charge on any atom is -0.385 e. The molecule has 6 nitrogen and oxygen atoms in total. The first-order valence-electron chi connectivity index (χ1n) is 8.31. The molecular weight excluding hydrogens is 352 g/mol. The van der Waals surface area contributed by atoms with Crippen molar-refractivity contribution in [3.63, 3.8) is 0 Å². The molecule has 0 saturated heterocycles. The van der Waals surface area contributed by atoms with Crippen molar-refractivity contribution >= 4 is 21.6 Å². The molecule has 1 amide bonds. The number of para-hydroxylation sites is 1. The number of aryl methyl sites for hydroxylation is 2. The van der Waals surface area contributed by atoms with Gasteiger partial charge >= 0.3 is 0 Å². The Morgan fingerprint density at radius 2 is 1.81 bits per heavy atom. The van der Waals surface area contributed by atoms with Gasteiger partial charge in [-0.3, -0.25) is 9.52 Å². The van der Waals surface area contributed by atoms with Gasteiger partial charge in [-0.05, 0) is 49.6 Å². The summed E-state index contributed by atoms with van der Waals surface area (Å²) in [6, 6.07) is 11.7. The number of carbonyl (C=O) groups excluding carboxylic acids is 1. The number of nitrogens with one attached hydrogen (secondary N) is 2. The Bertz CT molecular complexity index is 879. The summed E-state index contributed by atoms with van der Waals surface area (Å²) in [6.07, 6.45) is 0.689. The Balaban J connectivity index is 2.22. The lowest BCUT2D eigenvalue weighted by atomic mass is 10.1. The molecular formula is C19H24N2O4S. The van der Waals surface area contributed by atoms with Crippen LogP contribution in [0.2, 0.25) is 0 Å². The highest BCUT2D eigenvalue weighted by Crippen LogP contribution is 2.21. The van der Waals surface area contributed by atoms with Crippen molar-refractivity contribution in [2.45, 2.75) is 25.2 Å². The van der Waals surface area contributed by atoms with Gasteiger partial charge in [0.15, 0.2) is 0 Å². The Labute approximate surface area is 154 Å². The van der Waals surface area contributed by atoms with Crippen LogP contribution >= 0.6 is 0 Å². The molecule has 2 aromatic carbocycles. The van der Waals surface area contributed by atoms with Crippen LogP contribution in [0.3, 0.4) is 0 Å². The second-order valence-electron chi connectivity index (χ2n) is 6.00. The first kappa shape index (κ1) is 19.9. The maximum Gasteiger partial charge on any atom is 0.261 e. The Hall–Kier alpha value is -2.38. The molecule has 0 spiro atoms. The molecule has 0 atom stereocenters. The molecule has 0 aliphatic carbocycles. The van der Waals surface area contributed by atoms with E-state index in [-0.39, 0.29) is 10.8 Å². The van der Waals surface area contributed by atoms with Crippen molar-refractivity contribution in [2.24, 2.45) is 0 Å². The van der Waals surface area contributed by atoms with E-state index < -0.39 is 10.0 Å². The van der Waals surface area contributed by atoms with E-state index in [4.69, 9.17) is 4.74 Å². The fourth-order valence-corrected chi connectivity index (χ4v) is 3.57. The third-order valence-electron chi connectivity index (χ3n) is 3.96. The third kappa shape index (κ3) is 5.06. The van der Waals surface area contributed by atoms with Crippen LogP contribution in [0.1, 0.15) is 27.9 Å². The maximum atomic E-state index is 12.7. The van der Waals surface area contributed by atoms with Crippen molar-refractivity contribution < 1.29 is 17.9 Å². The van der Waals surface area contributed by atoms with Crippen molar-refractivity contribution in [1.82, 2.24) is 5.32 Å². The molecule has 0 saturated carbocycles. The van der Waals surface area contributed by atoms with Crippen LogP contribution in [0.15, 0.2) is 47.4 Å². The molecule has 0 bridgehead atoms. The molecule has 7 heteroatoms. The average Bonchev–Trinajstić information content (AvgIpc) is 2.60. The van der Waals surface area contributed by atoms with Crippen LogP contribution in [0.25, 0.3) is 0 Å². The smallest absolute Gasteiger partial charge is 0.261 e. The van der Waals surface area contributed by atoms with Gasteiger partial charge in [0.1, 0.15) is 0 Å². The predicted molar refractivity (Wildman–Crippen MR) is 102 cm³/mol. The number of hydrogen-bond acceptors (Lipinski definition) is 4. The van der Waals surface area contributed by atoms with Crippen molar-refractivity contribution in [1.29, 1.82) is 0 Å². The maximum absolute atomic E-state index is 12.7. The van der Waals surface area contributed by atoms with Gasteiger partial charge in [0.05, 0.1) is 10.6 Å². The van der Waals surface area contributed by atoms with Crippen LogP contribution in [0.4, 0.5) is 5.69 Å². The standard InChI is InChI=1S/C19H24N2O4S/c1-14-9-10-16(13-17(14)19(22)20-11-6-12-25-3)26(23,24)21-18-8-5-4-7-15(18)2/h4-5,7-10,13,21H,6,11-12H2,1-3H3,(H,20,22). The molecule has 2 N–H and O–H groups in total. The SMILES string of the molecule is COCCCNC(=O)c1cc(S(=O)(=O)Nc2ccccc2C)ccc1C. The second-order valence-corrected chi connectivity index (χ2v) is 7.68. The van der Waals surface area contributed by atoms with Crippen LogP contribution < -0.4 is 10.0 Å². The number of carbonyl (C=O) groups is 1. The Morgan fingerprint density at radius 1 is 1.08 bits per heavy atom. The molecule has 0 aliphatic heterocycles. The van der Waals surface area contributed by atoms with Gasteiger partial charge in [-0.2, -0.15) is 0 Å². The van der Waals surface area contributed by atoms with E-state index in [0.29, 0.717) is 36.4 Å². The van der Waals surface area contributed by atoms with Gasteiger partial charge in [-0.25, -0.2) is 8.42 Å². The van der Waals surface area contributed by atoms with Crippen molar-refractivity contribution in [3.8, 4) is 0 Å². The first-order valence-corrected chi connectivity index (χ1v) is 9.79. The summed E-state index contributed by atoms with van der Waals surface area (Å²) in [7, 11) is -2.19. The highest BCUT2D eigenvalue weighted by atomic mass is 32.2. The molecule has 2 aromatic rings. The summed E-state index contributed by atoms with van der Waals surface area (Å²) in [6.45, 7) is 4.61. The summed E-state index contributed by atoms with van der Waals surface area (Å²) in [4.78, 5) is 12.4. The molecule has 0 fully saturated rings. The summed E-state index contributed by atoms with van der Waals surface area (Å²) < 4.78 is 32.9. The lowest BCUT2D eigenvalue weighted by molar-refractivity contribution is 0.0948. The minimum atomic E-state index is -3.79. The number of ether oxygens (including phenoxy) is 1. The Morgan fingerprint density at radius 3 is 2.50 bits per heavy atom. The van der Waals surface area contributed by atoms with Crippen LogP contribution in [-0.2, 0) is 14.8 Å². The highest BCUT2D eigenvalue weighted by Gasteiger charge is 2.18. The Kier molecular flexibility index (Phi) is 6.76. The fourth-order valence-electron chi connectivity index (χ4n) is 2.42. The number of sulfonamides is 1. The second kappa shape index (κ2) is 8.82. The van der Waals surface area contributed by atoms with Gasteiger partial charge in [0.2, 0.25) is 0 Å². The van der Waals surface area contributed by atoms with E-state index in [1.165, 1.54) is 12.1 Å². The summed E-state index contributed by atoms with van der Waals surface area (Å²) in [5.74, 6) is -0.299. The minimum absolute atomic E-state index is 0.0494. The number of benzene rings is 2. The molecule has 26 heavy (non-hydrogen) atoms. The molecule has 0 unspecified atom stereocenters. The van der Waals surface area contributed by atoms with E-state index in [0.717, 1.165) is 5.56 Å². The topological polar surface area (TPSA) is 84.5 Å². The van der Waals surface area contributed by atoms with Crippen molar-refractivity contribution in [2.75, 3.05) is 25.0 Å². The van der Waals surface area contributed by atoms with Gasteiger partial charge in [0.25, 0.3) is 15.9 Å². The predicted octanol–water partition coefficient (Wildman–Crippen LogP) is 2.87. The van der Waals surface area contributed by atoms with E-state index in [2.05, 4.69) is 10.0 Å². The first-order chi connectivity index (χ1) is 12.3. The lowest BCUT2D eigenvalue weighted by Crippen LogP contribution is -2.26. The molecule has 0 heterocycles. The number of rotatable bonds is 8. The zero-order valence-electron chi connectivity index (χ0n) is 15.2. The van der Waals surface area contributed by atoms with E-state index in [1.54, 1.807) is 32.2 Å². The molecule has 2 rings (SSSR count). The third-order valence-corrected chi connectivity index (χ3v) is 5.33. The zero-order chi connectivity index (χ0) is 19.2. The average molecular weight is 376 g/mol. The summed E-state index contributed by atoms with van der Waals surface area (Å²) in [5, 5.41) is 2.78. The summed E-state index contributed by atoms with van der Waals surface area (Å²) >= 11 is 0. The van der Waals surface area contributed by atoms with Crippen LogP contribution in [0.5, 0.6) is 0 Å². The number of hydrogen-bond donors (Lipinski definition) is 2. The highest BCUT2D eigenvalue weighted by molar-refractivity contribution is 7.92. The number of anilines is 1. The van der Waals surface area contributed by atoms with E-state index >= 15 is 0 Å². The molecule has 0 aliphatic rings. The van der Waals surface area contributed by atoms with E-state index in [1.807, 2.05) is 19.1 Å². The number of amides is 1. The van der Waals surface area contributed by atoms with E-state index in [9.17, 15) is 13.2 Å². The van der Waals surface area contributed by atoms with Gasteiger partial charge < -0.3 is 10.1 Å². The lowest BCUT2D eigenvalue weighted by Gasteiger charge is -2.13. The van der Waals surface area contributed by atoms with Gasteiger partial charge in [0, 0.05) is 25.8 Å². The molecule has 0 aromatic heterocycles. The molecule has 140 valence electrons. The van der Waals surface area contributed by atoms with Crippen molar-refractivity contribution in [3.05, 3.63) is 59.2 Å². The fraction of sp³-hybridized carbons (Fsp3) is 0.316. The quantitative estimate of drug-likeness (QED) is 0.694. The summed E-state index contributed by atoms with van der Waals surface area (Å²) in [5.41, 5.74) is 2.39. The largest absolute Gasteiger partial charge is 0.385 e.